The van der Waals surface area contributed by atoms with Crippen LogP contribution < -0.4 is 10.0 Å². The minimum Gasteiger partial charge on any atom is -0.364 e. The van der Waals surface area contributed by atoms with Gasteiger partial charge in [0.15, 0.2) is 0 Å². The van der Waals surface area contributed by atoms with Crippen LogP contribution in [0, 0.1) is 0 Å². The number of nitrogens with zero attached hydrogens (tertiary/aromatic N) is 2. The molecule has 0 fully saturated rings. The first-order valence-corrected chi connectivity index (χ1v) is 7.69. The Kier molecular flexibility index (Phi) is 6.43. The average molecular weight is 290 g/mol. The van der Waals surface area contributed by atoms with Crippen molar-refractivity contribution >= 4 is 10.2 Å². The highest BCUT2D eigenvalue weighted by atomic mass is 32.2. The van der Waals surface area contributed by atoms with E-state index in [1.54, 1.807) is 13.1 Å². The summed E-state index contributed by atoms with van der Waals surface area (Å²) in [6.07, 6.45) is 2.17. The van der Waals surface area contributed by atoms with Crippen LogP contribution in [0.25, 0.3) is 0 Å². The van der Waals surface area contributed by atoms with Gasteiger partial charge in [0, 0.05) is 25.7 Å². The lowest BCUT2D eigenvalue weighted by atomic mass is 10.3. The lowest BCUT2D eigenvalue weighted by molar-refractivity contribution is 0.408. The molecule has 8 heteroatoms. The smallest absolute Gasteiger partial charge is 0.279 e. The maximum absolute atomic E-state index is 11.9. The molecule has 7 nitrogen and oxygen atoms in total. The van der Waals surface area contributed by atoms with Gasteiger partial charge in [0.2, 0.25) is 0 Å². The van der Waals surface area contributed by atoms with E-state index in [2.05, 4.69) is 33.6 Å². The predicted octanol–water partition coefficient (Wildman–Crippen LogP) is 0.329. The Balaban J connectivity index is 2.30. The summed E-state index contributed by atoms with van der Waals surface area (Å²) in [5, 5.41) is 6.89. The Hall–Kier alpha value is -0.960. The van der Waals surface area contributed by atoms with Crippen LogP contribution in [0.5, 0.6) is 0 Å². The first-order chi connectivity index (χ1) is 8.92. The van der Waals surface area contributed by atoms with E-state index >= 15 is 0 Å². The minimum absolute atomic E-state index is 0.132. The molecular weight excluding hydrogens is 268 g/mol. The molecular formula is C11H22N4O3S. The number of hydrogen-bond donors (Lipinski definition) is 2. The normalized spacial score (nSPS) is 12.5. The topological polar surface area (TPSA) is 87.5 Å². The van der Waals surface area contributed by atoms with E-state index in [4.69, 9.17) is 0 Å². The van der Waals surface area contributed by atoms with Gasteiger partial charge in [0.25, 0.3) is 10.2 Å². The maximum atomic E-state index is 11.9. The van der Waals surface area contributed by atoms with Crippen LogP contribution in [0.15, 0.2) is 16.9 Å². The van der Waals surface area contributed by atoms with Crippen molar-refractivity contribution in [1.29, 1.82) is 0 Å². The van der Waals surface area contributed by atoms with Crippen molar-refractivity contribution in [2.24, 2.45) is 0 Å². The molecule has 0 aromatic carbocycles. The van der Waals surface area contributed by atoms with Crippen molar-refractivity contribution in [2.45, 2.75) is 32.9 Å². The predicted molar refractivity (Wildman–Crippen MR) is 72.6 cm³/mol. The van der Waals surface area contributed by atoms with Gasteiger partial charge < -0.3 is 9.84 Å². The third-order valence-corrected chi connectivity index (χ3v) is 4.05. The van der Waals surface area contributed by atoms with Crippen LogP contribution in [-0.2, 0) is 16.8 Å². The summed E-state index contributed by atoms with van der Waals surface area (Å²) in [7, 11) is -1.91. The largest absolute Gasteiger partial charge is 0.364 e. The highest BCUT2D eigenvalue weighted by molar-refractivity contribution is 7.87. The zero-order valence-electron chi connectivity index (χ0n) is 11.6. The fourth-order valence-corrected chi connectivity index (χ4v) is 2.34. The molecule has 0 spiro atoms. The molecule has 0 aliphatic rings. The number of hydrogen-bond acceptors (Lipinski definition) is 5. The quantitative estimate of drug-likeness (QED) is 0.640. The van der Waals surface area contributed by atoms with Gasteiger partial charge in [-0.2, -0.15) is 17.4 Å². The highest BCUT2D eigenvalue weighted by Crippen LogP contribution is 1.99. The van der Waals surface area contributed by atoms with E-state index < -0.39 is 10.2 Å². The van der Waals surface area contributed by atoms with E-state index in [-0.39, 0.29) is 6.54 Å². The Bertz CT molecular complexity index is 445. The molecule has 0 bridgehead atoms. The zero-order valence-corrected chi connectivity index (χ0v) is 12.4. The van der Waals surface area contributed by atoms with Crippen molar-refractivity contribution in [2.75, 3.05) is 20.1 Å². The van der Waals surface area contributed by atoms with Gasteiger partial charge >= 0.3 is 0 Å². The summed E-state index contributed by atoms with van der Waals surface area (Å²) in [5.74, 6) is 0. The van der Waals surface area contributed by atoms with E-state index in [0.29, 0.717) is 18.3 Å². The molecule has 0 saturated heterocycles. The molecule has 0 saturated carbocycles. The van der Waals surface area contributed by atoms with E-state index in [0.717, 1.165) is 13.0 Å². The molecule has 0 amide bonds. The van der Waals surface area contributed by atoms with Crippen molar-refractivity contribution < 1.29 is 12.9 Å². The van der Waals surface area contributed by atoms with E-state index in [1.165, 1.54) is 10.6 Å². The summed E-state index contributed by atoms with van der Waals surface area (Å²) in [6.45, 7) is 5.50. The second-order valence-corrected chi connectivity index (χ2v) is 6.46. The molecule has 19 heavy (non-hydrogen) atoms. The first-order valence-electron chi connectivity index (χ1n) is 6.25. The Morgan fingerprint density at radius 2 is 2.21 bits per heavy atom. The fraction of sp³-hybridized carbons (Fsp3) is 0.727. The Labute approximate surface area is 114 Å². The highest BCUT2D eigenvalue weighted by Gasteiger charge is 2.16. The monoisotopic (exact) mass is 290 g/mol. The van der Waals surface area contributed by atoms with Crippen LogP contribution in [0.1, 0.15) is 26.0 Å². The van der Waals surface area contributed by atoms with Gasteiger partial charge in [-0.25, -0.2) is 0 Å². The SMILES string of the molecule is CC(C)NCCCN(C)S(=O)(=O)NCc1ccon1. The fourth-order valence-electron chi connectivity index (χ4n) is 1.42. The summed E-state index contributed by atoms with van der Waals surface area (Å²) in [5.41, 5.74) is 0.554. The molecule has 0 atom stereocenters. The van der Waals surface area contributed by atoms with Crippen molar-refractivity contribution in [3.05, 3.63) is 18.0 Å². The van der Waals surface area contributed by atoms with Gasteiger partial charge in [-0.05, 0) is 13.0 Å². The third-order valence-electron chi connectivity index (χ3n) is 2.54. The molecule has 0 aliphatic carbocycles. The van der Waals surface area contributed by atoms with Crippen LogP contribution >= 0.6 is 0 Å². The van der Waals surface area contributed by atoms with Crippen molar-refractivity contribution in [3.63, 3.8) is 0 Å². The number of aromatic nitrogens is 1. The second kappa shape index (κ2) is 7.59. The summed E-state index contributed by atoms with van der Waals surface area (Å²) < 4.78 is 32.2. The molecule has 0 unspecified atom stereocenters. The van der Waals surface area contributed by atoms with Crippen LogP contribution in [0.4, 0.5) is 0 Å². The zero-order chi connectivity index (χ0) is 14.3. The second-order valence-electron chi connectivity index (χ2n) is 4.60. The summed E-state index contributed by atoms with van der Waals surface area (Å²) in [6, 6.07) is 2.03. The van der Waals surface area contributed by atoms with Crippen molar-refractivity contribution in [1.82, 2.24) is 19.5 Å². The number of rotatable bonds is 9. The first kappa shape index (κ1) is 16.1. The molecule has 1 aromatic heterocycles. The Morgan fingerprint density at radius 3 is 2.79 bits per heavy atom. The number of nitrogens with one attached hydrogen (secondary N) is 2. The molecule has 1 heterocycles. The van der Waals surface area contributed by atoms with Gasteiger partial charge in [-0.3, -0.25) is 0 Å². The summed E-state index contributed by atoms with van der Waals surface area (Å²) in [4.78, 5) is 0. The molecule has 1 rings (SSSR count). The molecule has 0 aliphatic heterocycles. The molecule has 0 radical (unpaired) electrons. The lowest BCUT2D eigenvalue weighted by Gasteiger charge is -2.17. The molecule has 110 valence electrons. The average Bonchev–Trinajstić information content (AvgIpc) is 2.84. The van der Waals surface area contributed by atoms with Gasteiger partial charge in [0.05, 0.1) is 12.2 Å². The van der Waals surface area contributed by atoms with Crippen LogP contribution in [-0.4, -0.2) is 44.1 Å². The minimum atomic E-state index is -3.46. The summed E-state index contributed by atoms with van der Waals surface area (Å²) >= 11 is 0. The van der Waals surface area contributed by atoms with Gasteiger partial charge in [0.1, 0.15) is 6.26 Å². The lowest BCUT2D eigenvalue weighted by Crippen LogP contribution is -2.39. The van der Waals surface area contributed by atoms with Crippen molar-refractivity contribution in [3.8, 4) is 0 Å². The molecule has 2 N–H and O–H groups in total. The van der Waals surface area contributed by atoms with Crippen LogP contribution in [0.3, 0.4) is 0 Å². The van der Waals surface area contributed by atoms with E-state index in [1.807, 2.05) is 0 Å². The molecule has 1 aromatic rings. The third kappa shape index (κ3) is 6.15. The maximum Gasteiger partial charge on any atom is 0.279 e. The van der Waals surface area contributed by atoms with E-state index in [9.17, 15) is 8.42 Å². The Morgan fingerprint density at radius 1 is 1.47 bits per heavy atom. The van der Waals surface area contributed by atoms with Crippen LogP contribution in [0.2, 0.25) is 0 Å². The standard InChI is InChI=1S/C11H22N4O3S/c1-10(2)12-6-4-7-15(3)19(16,17)13-9-11-5-8-18-14-11/h5,8,10,12-13H,4,6-7,9H2,1-3H3. The van der Waals surface area contributed by atoms with Gasteiger partial charge in [-0.15, -0.1) is 0 Å². The van der Waals surface area contributed by atoms with Gasteiger partial charge in [-0.1, -0.05) is 19.0 Å².